The van der Waals surface area contributed by atoms with Crippen molar-refractivity contribution in [2.75, 3.05) is 0 Å². The zero-order valence-electron chi connectivity index (χ0n) is 6.17. The first-order chi connectivity index (χ1) is 4.64. The third-order valence-electron chi connectivity index (χ3n) is 0.183. The molecule has 0 radical (unpaired) electrons. The minimum absolute atomic E-state index is 0. The van der Waals surface area contributed by atoms with Gasteiger partial charge < -0.3 is 10.2 Å². The summed E-state index contributed by atoms with van der Waals surface area (Å²) in [5, 5.41) is 14.8. The normalized spacial score (nSPS) is 7.85. The van der Waals surface area contributed by atoms with Gasteiger partial charge in [-0.15, -0.1) is 0 Å². The second-order valence-electron chi connectivity index (χ2n) is 1.02. The fraction of sp³-hybridized carbons (Fsp3) is 0. The van der Waals surface area contributed by atoms with E-state index in [4.69, 9.17) is 35.7 Å². The van der Waals surface area contributed by atoms with Crippen LogP contribution in [0.4, 0.5) is 0 Å². The van der Waals surface area contributed by atoms with Crippen LogP contribution in [0.5, 0.6) is 0 Å². The first kappa shape index (κ1) is 23.2. The van der Waals surface area contributed by atoms with E-state index in [0.29, 0.717) is 0 Å². The molecule has 8 nitrogen and oxygen atoms in total. The summed E-state index contributed by atoms with van der Waals surface area (Å²) < 4.78 is 34.4. The Hall–Kier alpha value is 0.239. The smallest absolute Gasteiger partial charge is 0 e. The molecule has 0 aromatic heterocycles. The number of carboxylic acid groups (broad SMARTS) is 2. The minimum atomic E-state index is -5.75. The average Bonchev–Trinajstić information content (AvgIpc) is 1.59. The summed E-state index contributed by atoms with van der Waals surface area (Å²) in [5.74, 6) is -3.65. The summed E-state index contributed by atoms with van der Waals surface area (Å²) in [6, 6.07) is 0. The van der Waals surface area contributed by atoms with Crippen LogP contribution in [0, 0.1) is 0 Å². The molecule has 0 aromatic rings. The number of hydrogen-bond donors (Lipinski definition) is 2. The Morgan fingerprint density at radius 3 is 1.08 bits per heavy atom. The predicted octanol–water partition coefficient (Wildman–Crippen LogP) is -3.47. The zero-order chi connectivity index (χ0) is 9.65. The van der Waals surface area contributed by atoms with Crippen LogP contribution >= 0.6 is 0 Å². The first-order valence-corrected chi connectivity index (χ1v) is 3.85. The summed E-state index contributed by atoms with van der Waals surface area (Å²) in [7, 11) is 0. The van der Waals surface area contributed by atoms with Crippen LogP contribution in [0.3, 0.4) is 0 Å². The van der Waals surface area contributed by atoms with Gasteiger partial charge in [-0.2, -0.15) is 0 Å². The number of hydrogen-bond acceptors (Lipinski definition) is 6. The van der Waals surface area contributed by atoms with Crippen molar-refractivity contribution in [3.8, 4) is 0 Å². The molecule has 0 aliphatic rings. The van der Waals surface area contributed by atoms with E-state index < -0.39 is 25.6 Å². The molecule has 0 saturated carbocycles. The Labute approximate surface area is 99.8 Å². The van der Waals surface area contributed by atoms with Crippen molar-refractivity contribution in [1.82, 2.24) is 0 Å². The molecule has 0 unspecified atom stereocenters. The number of carbonyl (C=O) groups is 2. The Morgan fingerprint density at radius 2 is 1.08 bits per heavy atom. The van der Waals surface area contributed by atoms with E-state index in [1.165, 1.54) is 0 Å². The fourth-order valence-electron chi connectivity index (χ4n) is 0. The van der Waals surface area contributed by atoms with Gasteiger partial charge in [-0.3, -0.25) is 0 Å². The van der Waals surface area contributed by atoms with Gasteiger partial charge in [-0.25, -0.2) is 9.59 Å². The van der Waals surface area contributed by atoms with Crippen molar-refractivity contribution in [3.05, 3.63) is 0 Å². The van der Waals surface area contributed by atoms with Crippen LogP contribution in [0.2, 0.25) is 0 Å². The maximum Gasteiger partial charge on any atom is 2.00 e. The van der Waals surface area contributed by atoms with Crippen LogP contribution in [0.25, 0.3) is 0 Å². The van der Waals surface area contributed by atoms with E-state index in [-0.39, 0.29) is 39.0 Å². The third kappa shape index (κ3) is 71.4. The van der Waals surface area contributed by atoms with Crippen molar-refractivity contribution in [1.29, 1.82) is 0 Å². The Kier molecular flexibility index (Phi) is 18.4. The number of rotatable bonds is 0. The number of carboxylic acids is 2. The molecular formula is C2H2CrO8Zn2. The molecule has 0 amide bonds. The molecule has 11 heteroatoms. The van der Waals surface area contributed by atoms with Crippen LogP contribution < -0.4 is 8.32 Å². The maximum atomic E-state index is 9.10. The fourth-order valence-corrected chi connectivity index (χ4v) is 0. The molecule has 0 saturated heterocycles. The molecule has 0 rings (SSSR count). The van der Waals surface area contributed by atoms with Gasteiger partial charge in [-0.05, 0) is 0 Å². The molecule has 0 atom stereocenters. The molecule has 0 spiro atoms. The van der Waals surface area contributed by atoms with E-state index in [1.807, 2.05) is 0 Å². The van der Waals surface area contributed by atoms with Gasteiger partial charge in [-0.1, -0.05) is 0 Å². The Bertz CT molecular complexity index is 223. The van der Waals surface area contributed by atoms with Gasteiger partial charge in [0.15, 0.2) is 0 Å². The second-order valence-corrected chi connectivity index (χ2v) is 2.29. The molecule has 2 N–H and O–H groups in total. The standard InChI is InChI=1S/C2H2O4.Cr.4O.2Zn/c3-1(4)2(5)6;;;;;;;/h(H,3,4)(H,5,6);;;;;;;/q;;;;2*-1;;+2. The van der Waals surface area contributed by atoms with E-state index in [1.54, 1.807) is 0 Å². The molecule has 0 bridgehead atoms. The van der Waals surface area contributed by atoms with E-state index >= 15 is 0 Å². The van der Waals surface area contributed by atoms with E-state index in [9.17, 15) is 0 Å². The second kappa shape index (κ2) is 10.3. The Morgan fingerprint density at radius 1 is 1.00 bits per heavy atom. The summed E-state index contributed by atoms with van der Waals surface area (Å²) in [6.45, 7) is 0. The minimum Gasteiger partial charge on any atom is 0 e. The molecule has 68 valence electrons. The summed E-state index contributed by atoms with van der Waals surface area (Å²) in [6.07, 6.45) is 0. The van der Waals surface area contributed by atoms with Crippen LogP contribution in [0.1, 0.15) is 0 Å². The topological polar surface area (TPSA) is 155 Å². The van der Waals surface area contributed by atoms with Gasteiger partial charge in [0.2, 0.25) is 0 Å². The molecule has 13 heavy (non-hydrogen) atoms. The predicted molar refractivity (Wildman–Crippen MR) is 16.6 cm³/mol. The largest absolute Gasteiger partial charge is 2.00 e. The van der Waals surface area contributed by atoms with Crippen LogP contribution in [-0.2, 0) is 69.8 Å². The van der Waals surface area contributed by atoms with Crippen molar-refractivity contribution < 1.29 is 88.3 Å². The molecule has 0 aromatic carbocycles. The average molecular weight is 337 g/mol. The maximum absolute atomic E-state index is 9.10. The van der Waals surface area contributed by atoms with Crippen molar-refractivity contribution in [2.45, 2.75) is 0 Å². The van der Waals surface area contributed by atoms with Crippen molar-refractivity contribution in [3.63, 3.8) is 0 Å². The van der Waals surface area contributed by atoms with Gasteiger partial charge in [0.25, 0.3) is 0 Å². The van der Waals surface area contributed by atoms with Gasteiger partial charge >= 0.3 is 61.0 Å². The third-order valence-corrected chi connectivity index (χ3v) is 0.183. The van der Waals surface area contributed by atoms with E-state index in [0.717, 1.165) is 0 Å². The molecule has 0 fully saturated rings. The molecule has 0 aliphatic heterocycles. The quantitative estimate of drug-likeness (QED) is 0.341. The van der Waals surface area contributed by atoms with Gasteiger partial charge in [0.1, 0.15) is 0 Å². The van der Waals surface area contributed by atoms with Gasteiger partial charge in [0.05, 0.1) is 0 Å². The van der Waals surface area contributed by atoms with Crippen LogP contribution in [0.15, 0.2) is 0 Å². The molecule has 0 aliphatic carbocycles. The van der Waals surface area contributed by atoms with Crippen LogP contribution in [-0.4, -0.2) is 22.2 Å². The zero-order valence-corrected chi connectivity index (χ0v) is 13.4. The van der Waals surface area contributed by atoms with E-state index in [2.05, 4.69) is 0 Å². The van der Waals surface area contributed by atoms with Crippen molar-refractivity contribution >= 4 is 11.9 Å². The summed E-state index contributed by atoms with van der Waals surface area (Å²) in [4.78, 5) is 18.2. The summed E-state index contributed by atoms with van der Waals surface area (Å²) in [5.41, 5.74) is 0. The SMILES string of the molecule is O=C(O)C(=O)O.[O]=[Cr](=[O])([O-])[O-].[Zn+2].[Zn]. The molecular weight excluding hydrogens is 335 g/mol. The number of aliphatic carboxylic acids is 2. The Balaban J connectivity index is -0.0000000546. The van der Waals surface area contributed by atoms with Gasteiger partial charge in [0, 0.05) is 19.5 Å². The molecule has 0 heterocycles. The first-order valence-electron chi connectivity index (χ1n) is 1.77. The van der Waals surface area contributed by atoms with Crippen molar-refractivity contribution in [2.24, 2.45) is 0 Å². The summed E-state index contributed by atoms with van der Waals surface area (Å²) >= 11 is -5.75. The monoisotopic (exact) mass is 334 g/mol.